The zero-order chi connectivity index (χ0) is 18.7. The average molecular weight is 358 g/mol. The first-order valence-electron chi connectivity index (χ1n) is 9.73. The molecule has 0 radical (unpaired) electrons. The van der Waals surface area contributed by atoms with E-state index in [1.165, 1.54) is 25.7 Å². The summed E-state index contributed by atoms with van der Waals surface area (Å²) in [5, 5.41) is 3.69. The van der Waals surface area contributed by atoms with Crippen LogP contribution >= 0.6 is 0 Å². The van der Waals surface area contributed by atoms with Crippen LogP contribution < -0.4 is 5.32 Å². The SMILES string of the molecule is CCc1ncnc(NC2CCC(C(C)(C)C)CC2)c1C#C[Si](C)(C)C. The van der Waals surface area contributed by atoms with E-state index in [0.717, 1.165) is 29.4 Å². The zero-order valence-corrected chi connectivity index (χ0v) is 18.2. The van der Waals surface area contributed by atoms with Gasteiger partial charge in [0.25, 0.3) is 0 Å². The van der Waals surface area contributed by atoms with Crippen LogP contribution in [0.3, 0.4) is 0 Å². The highest BCUT2D eigenvalue weighted by Crippen LogP contribution is 2.38. The molecule has 1 aliphatic rings. The van der Waals surface area contributed by atoms with E-state index in [-0.39, 0.29) is 0 Å². The highest BCUT2D eigenvalue weighted by Gasteiger charge is 2.30. The molecule has 2 rings (SSSR count). The summed E-state index contributed by atoms with van der Waals surface area (Å²) in [5.74, 6) is 5.19. The summed E-state index contributed by atoms with van der Waals surface area (Å²) < 4.78 is 0. The lowest BCUT2D eigenvalue weighted by Crippen LogP contribution is -2.32. The Morgan fingerprint density at radius 1 is 1.12 bits per heavy atom. The van der Waals surface area contributed by atoms with Crippen LogP contribution in [0.1, 0.15) is 64.6 Å². The van der Waals surface area contributed by atoms with E-state index in [0.29, 0.717) is 11.5 Å². The van der Waals surface area contributed by atoms with E-state index in [1.807, 2.05) is 0 Å². The topological polar surface area (TPSA) is 37.8 Å². The van der Waals surface area contributed by atoms with Crippen molar-refractivity contribution in [3.8, 4) is 11.5 Å². The first kappa shape index (κ1) is 20.0. The smallest absolute Gasteiger partial charge is 0.145 e. The number of aryl methyl sites for hydroxylation is 1. The molecule has 1 aliphatic carbocycles. The minimum Gasteiger partial charge on any atom is -0.366 e. The fourth-order valence-corrected chi connectivity index (χ4v) is 3.98. The Hall–Kier alpha value is -1.34. The monoisotopic (exact) mass is 357 g/mol. The van der Waals surface area contributed by atoms with Crippen LogP contribution in [0.4, 0.5) is 5.82 Å². The summed E-state index contributed by atoms with van der Waals surface area (Å²) >= 11 is 0. The van der Waals surface area contributed by atoms with Crippen molar-refractivity contribution in [2.75, 3.05) is 5.32 Å². The quantitative estimate of drug-likeness (QED) is 0.590. The Kier molecular flexibility index (Phi) is 6.32. The predicted molar refractivity (Wildman–Crippen MR) is 110 cm³/mol. The van der Waals surface area contributed by atoms with Crippen LogP contribution in [0.25, 0.3) is 0 Å². The van der Waals surface area contributed by atoms with Crippen LogP contribution in [0.15, 0.2) is 6.33 Å². The van der Waals surface area contributed by atoms with Crippen molar-refractivity contribution in [3.05, 3.63) is 17.6 Å². The van der Waals surface area contributed by atoms with Crippen LogP contribution in [-0.2, 0) is 6.42 Å². The Balaban J connectivity index is 2.16. The molecule has 0 bridgehead atoms. The summed E-state index contributed by atoms with van der Waals surface area (Å²) in [5.41, 5.74) is 5.99. The molecule has 1 fully saturated rings. The van der Waals surface area contributed by atoms with E-state index >= 15 is 0 Å². The van der Waals surface area contributed by atoms with Gasteiger partial charge in [0.15, 0.2) is 0 Å². The standard InChI is InChI=1S/C21H35N3Si/c1-8-19-18(13-14-25(5,6)7)20(23-15-22-19)24-17-11-9-16(10-12-17)21(2,3)4/h15-17H,8-12H2,1-7H3,(H,22,23,24). The third kappa shape index (κ3) is 5.85. The first-order valence-corrected chi connectivity index (χ1v) is 13.2. The van der Waals surface area contributed by atoms with Gasteiger partial charge < -0.3 is 5.32 Å². The van der Waals surface area contributed by atoms with Gasteiger partial charge in [-0.2, -0.15) is 0 Å². The zero-order valence-electron chi connectivity index (χ0n) is 17.2. The lowest BCUT2D eigenvalue weighted by Gasteiger charge is -2.37. The predicted octanol–water partition coefficient (Wildman–Crippen LogP) is 5.28. The van der Waals surface area contributed by atoms with E-state index in [2.05, 4.69) is 74.1 Å². The molecule has 1 saturated carbocycles. The van der Waals surface area contributed by atoms with Crippen LogP contribution in [0.5, 0.6) is 0 Å². The number of anilines is 1. The lowest BCUT2D eigenvalue weighted by atomic mass is 9.71. The molecule has 1 aromatic rings. The van der Waals surface area contributed by atoms with Crippen LogP contribution in [-0.4, -0.2) is 24.1 Å². The molecule has 4 heteroatoms. The highest BCUT2D eigenvalue weighted by atomic mass is 28.3. The van der Waals surface area contributed by atoms with E-state index in [1.54, 1.807) is 6.33 Å². The van der Waals surface area contributed by atoms with Crippen LogP contribution in [0, 0.1) is 22.8 Å². The molecule has 138 valence electrons. The third-order valence-corrected chi connectivity index (χ3v) is 5.99. The maximum absolute atomic E-state index is 4.54. The molecule has 0 unspecified atom stereocenters. The molecule has 0 atom stereocenters. The molecule has 0 saturated heterocycles. The number of hydrogen-bond donors (Lipinski definition) is 1. The molecule has 0 spiro atoms. The van der Waals surface area contributed by atoms with Gasteiger partial charge in [0.05, 0.1) is 11.3 Å². The Morgan fingerprint density at radius 3 is 2.28 bits per heavy atom. The maximum Gasteiger partial charge on any atom is 0.145 e. The van der Waals surface area contributed by atoms with Gasteiger partial charge in [0.2, 0.25) is 0 Å². The van der Waals surface area contributed by atoms with Crippen molar-refractivity contribution in [1.29, 1.82) is 0 Å². The van der Waals surface area contributed by atoms with Gasteiger partial charge in [0.1, 0.15) is 20.2 Å². The summed E-state index contributed by atoms with van der Waals surface area (Å²) in [4.78, 5) is 9.00. The average Bonchev–Trinajstić information content (AvgIpc) is 2.52. The maximum atomic E-state index is 4.54. The van der Waals surface area contributed by atoms with Crippen molar-refractivity contribution in [1.82, 2.24) is 9.97 Å². The van der Waals surface area contributed by atoms with Gasteiger partial charge in [-0.3, -0.25) is 0 Å². The number of rotatable bonds is 3. The second-order valence-corrected chi connectivity index (χ2v) is 14.2. The van der Waals surface area contributed by atoms with Gasteiger partial charge >= 0.3 is 0 Å². The number of nitrogens with one attached hydrogen (secondary N) is 1. The minimum absolute atomic E-state index is 0.420. The summed E-state index contributed by atoms with van der Waals surface area (Å²) in [7, 11) is -1.43. The van der Waals surface area contributed by atoms with E-state index in [4.69, 9.17) is 0 Å². The molecule has 1 N–H and O–H groups in total. The fraction of sp³-hybridized carbons (Fsp3) is 0.714. The van der Waals surface area contributed by atoms with E-state index in [9.17, 15) is 0 Å². The molecule has 25 heavy (non-hydrogen) atoms. The second kappa shape index (κ2) is 7.91. The van der Waals surface area contributed by atoms with Gasteiger partial charge in [0, 0.05) is 6.04 Å². The minimum atomic E-state index is -1.43. The van der Waals surface area contributed by atoms with Crippen molar-refractivity contribution in [2.24, 2.45) is 11.3 Å². The molecule has 0 amide bonds. The number of hydrogen-bond acceptors (Lipinski definition) is 3. The first-order chi connectivity index (χ1) is 11.6. The van der Waals surface area contributed by atoms with Crippen molar-refractivity contribution >= 4 is 13.9 Å². The van der Waals surface area contributed by atoms with Gasteiger partial charge in [-0.15, -0.1) is 5.54 Å². The molecular formula is C21H35N3Si. The molecule has 0 aromatic carbocycles. The summed E-state index contributed by atoms with van der Waals surface area (Å²) in [6.45, 7) is 16.1. The third-order valence-electron chi connectivity index (χ3n) is 5.12. The van der Waals surface area contributed by atoms with Gasteiger partial charge in [-0.1, -0.05) is 53.3 Å². The molecule has 1 aromatic heterocycles. The van der Waals surface area contributed by atoms with E-state index < -0.39 is 8.07 Å². The molecule has 1 heterocycles. The Morgan fingerprint density at radius 2 is 1.76 bits per heavy atom. The van der Waals surface area contributed by atoms with Crippen molar-refractivity contribution in [2.45, 2.75) is 85.5 Å². The molecular weight excluding hydrogens is 322 g/mol. The van der Waals surface area contributed by atoms with Gasteiger partial charge in [-0.25, -0.2) is 9.97 Å². The van der Waals surface area contributed by atoms with Crippen molar-refractivity contribution in [3.63, 3.8) is 0 Å². The summed E-state index contributed by atoms with van der Waals surface area (Å²) in [6, 6.07) is 0.505. The second-order valence-electron chi connectivity index (χ2n) is 9.46. The highest BCUT2D eigenvalue weighted by molar-refractivity contribution is 6.83. The number of aromatic nitrogens is 2. The molecule has 0 aliphatic heterocycles. The normalized spacial score (nSPS) is 21.4. The Bertz CT molecular complexity index is 636. The molecule has 3 nitrogen and oxygen atoms in total. The largest absolute Gasteiger partial charge is 0.366 e. The fourth-order valence-electron chi connectivity index (χ4n) is 3.48. The Labute approximate surface area is 155 Å². The van der Waals surface area contributed by atoms with Crippen molar-refractivity contribution < 1.29 is 0 Å². The van der Waals surface area contributed by atoms with Crippen LogP contribution in [0.2, 0.25) is 19.6 Å². The lowest BCUT2D eigenvalue weighted by molar-refractivity contribution is 0.173. The summed E-state index contributed by atoms with van der Waals surface area (Å²) in [6.07, 6.45) is 7.60. The van der Waals surface area contributed by atoms with Gasteiger partial charge in [-0.05, 0) is 43.4 Å². The number of nitrogens with zero attached hydrogens (tertiary/aromatic N) is 2.